The summed E-state index contributed by atoms with van der Waals surface area (Å²) in [5, 5.41) is 12.0. The molecule has 1 aromatic carbocycles. The smallest absolute Gasteiger partial charge is 0.254 e. The molecule has 2 aromatic rings. The number of hydrogen-bond acceptors (Lipinski definition) is 6. The molecule has 6 nitrogen and oxygen atoms in total. The maximum absolute atomic E-state index is 13.4. The van der Waals surface area contributed by atoms with Gasteiger partial charge in [-0.05, 0) is 23.8 Å². The van der Waals surface area contributed by atoms with Crippen LogP contribution in [-0.4, -0.2) is 24.9 Å². The summed E-state index contributed by atoms with van der Waals surface area (Å²) in [6.45, 7) is -0.178. The van der Waals surface area contributed by atoms with E-state index in [0.717, 1.165) is 6.21 Å². The molecule has 0 fully saturated rings. The lowest BCUT2D eigenvalue weighted by Crippen LogP contribution is -2.06. The zero-order chi connectivity index (χ0) is 18.4. The lowest BCUT2D eigenvalue weighted by Gasteiger charge is -2.08. The molecule has 0 radical (unpaired) electrons. The van der Waals surface area contributed by atoms with Crippen molar-refractivity contribution in [3.05, 3.63) is 47.3 Å². The Morgan fingerprint density at radius 3 is 2.48 bits per heavy atom. The van der Waals surface area contributed by atoms with E-state index in [1.165, 1.54) is 25.3 Å². The van der Waals surface area contributed by atoms with E-state index in [-0.39, 0.29) is 12.4 Å². The highest BCUT2D eigenvalue weighted by Gasteiger charge is 2.20. The van der Waals surface area contributed by atoms with Crippen molar-refractivity contribution in [2.24, 2.45) is 5.10 Å². The third-order valence-corrected chi connectivity index (χ3v) is 2.87. The summed E-state index contributed by atoms with van der Waals surface area (Å²) in [6, 6.07) is 6.28. The number of nitrogens with zero attached hydrogens (tertiary/aromatic N) is 3. The number of methoxy groups -OCH3 is 1. The maximum Gasteiger partial charge on any atom is 0.254 e. The number of aromatic nitrogens is 1. The van der Waals surface area contributed by atoms with E-state index in [9.17, 15) is 17.6 Å². The molecular weight excluding hydrogens is 344 g/mol. The van der Waals surface area contributed by atoms with Crippen molar-refractivity contribution in [2.75, 3.05) is 19.1 Å². The Balaban J connectivity index is 2.20. The van der Waals surface area contributed by atoms with Gasteiger partial charge < -0.3 is 9.47 Å². The first kappa shape index (κ1) is 18.0. The number of hydrogen-bond donors (Lipinski definition) is 1. The SMILES string of the molecule is COc1cc(/C=N\Nc2c(F)c(F)nc(F)c2F)ccc1OCC#N. The minimum atomic E-state index is -1.79. The number of benzene rings is 1. The van der Waals surface area contributed by atoms with Gasteiger partial charge in [-0.3, -0.25) is 5.43 Å². The summed E-state index contributed by atoms with van der Waals surface area (Å²) in [5.41, 5.74) is 1.19. The number of hydrazone groups is 1. The number of pyridine rings is 1. The second-order valence-electron chi connectivity index (χ2n) is 4.42. The van der Waals surface area contributed by atoms with Crippen LogP contribution < -0.4 is 14.9 Å². The van der Waals surface area contributed by atoms with Gasteiger partial charge in [0.25, 0.3) is 11.9 Å². The second-order valence-corrected chi connectivity index (χ2v) is 4.42. The van der Waals surface area contributed by atoms with E-state index < -0.39 is 29.2 Å². The van der Waals surface area contributed by atoms with Crippen molar-refractivity contribution < 1.29 is 27.0 Å². The van der Waals surface area contributed by atoms with E-state index >= 15 is 0 Å². The van der Waals surface area contributed by atoms with Gasteiger partial charge in [-0.2, -0.15) is 32.9 Å². The van der Waals surface area contributed by atoms with Gasteiger partial charge in [0.05, 0.1) is 13.3 Å². The van der Waals surface area contributed by atoms with Gasteiger partial charge in [0.1, 0.15) is 11.8 Å². The molecule has 2 rings (SSSR count). The first-order valence-electron chi connectivity index (χ1n) is 6.64. The molecule has 0 saturated carbocycles. The molecule has 0 saturated heterocycles. The number of halogens is 4. The van der Waals surface area contributed by atoms with Gasteiger partial charge >= 0.3 is 0 Å². The Morgan fingerprint density at radius 2 is 1.88 bits per heavy atom. The predicted molar refractivity (Wildman–Crippen MR) is 79.4 cm³/mol. The van der Waals surface area contributed by atoms with Gasteiger partial charge in [-0.1, -0.05) is 0 Å². The van der Waals surface area contributed by atoms with Crippen LogP contribution in [0.1, 0.15) is 5.56 Å². The number of nitrogens with one attached hydrogen (secondary N) is 1. The van der Waals surface area contributed by atoms with Gasteiger partial charge in [-0.15, -0.1) is 0 Å². The van der Waals surface area contributed by atoms with Crippen molar-refractivity contribution >= 4 is 11.9 Å². The third-order valence-electron chi connectivity index (χ3n) is 2.87. The summed E-state index contributed by atoms with van der Waals surface area (Å²) < 4.78 is 63.0. The normalized spacial score (nSPS) is 10.6. The third kappa shape index (κ3) is 4.14. The summed E-state index contributed by atoms with van der Waals surface area (Å²) in [4.78, 5) is 2.43. The Bertz CT molecular complexity index is 826. The molecule has 0 spiro atoms. The first-order chi connectivity index (χ1) is 12.0. The summed E-state index contributed by atoms with van der Waals surface area (Å²) in [7, 11) is 1.38. The fourth-order valence-electron chi connectivity index (χ4n) is 1.75. The fraction of sp³-hybridized carbons (Fsp3) is 0.133. The number of anilines is 1. The van der Waals surface area contributed by atoms with Crippen molar-refractivity contribution in [1.29, 1.82) is 5.26 Å². The summed E-state index contributed by atoms with van der Waals surface area (Å²) >= 11 is 0. The highest BCUT2D eigenvalue weighted by atomic mass is 19.2. The first-order valence-corrected chi connectivity index (χ1v) is 6.64. The number of ether oxygens (including phenoxy) is 2. The van der Waals surface area contributed by atoms with Crippen LogP contribution in [0.15, 0.2) is 23.3 Å². The van der Waals surface area contributed by atoms with E-state index in [1.54, 1.807) is 6.07 Å². The minimum Gasteiger partial charge on any atom is -0.493 e. The Hall–Kier alpha value is -3.35. The molecule has 0 bridgehead atoms. The molecule has 0 unspecified atom stereocenters. The molecular formula is C15H10F4N4O2. The topological polar surface area (TPSA) is 79.5 Å². The van der Waals surface area contributed by atoms with Crippen LogP contribution in [0.4, 0.5) is 23.2 Å². The molecule has 1 N–H and O–H groups in total. The molecule has 1 heterocycles. The fourth-order valence-corrected chi connectivity index (χ4v) is 1.75. The largest absolute Gasteiger partial charge is 0.493 e. The Kier molecular flexibility index (Phi) is 5.73. The van der Waals surface area contributed by atoms with Crippen molar-refractivity contribution in [2.45, 2.75) is 0 Å². The van der Waals surface area contributed by atoms with Gasteiger partial charge in [0.2, 0.25) is 11.6 Å². The van der Waals surface area contributed by atoms with Crippen LogP contribution in [0.25, 0.3) is 0 Å². The van der Waals surface area contributed by atoms with Crippen molar-refractivity contribution in [3.63, 3.8) is 0 Å². The monoisotopic (exact) mass is 354 g/mol. The minimum absolute atomic E-state index is 0.178. The van der Waals surface area contributed by atoms with E-state index in [1.807, 2.05) is 5.43 Å². The van der Waals surface area contributed by atoms with Crippen LogP contribution in [0.3, 0.4) is 0 Å². The molecule has 0 aliphatic rings. The van der Waals surface area contributed by atoms with Crippen LogP contribution >= 0.6 is 0 Å². The molecule has 0 atom stereocenters. The van der Waals surface area contributed by atoms with E-state index in [0.29, 0.717) is 11.3 Å². The summed E-state index contributed by atoms with van der Waals surface area (Å²) in [5.74, 6) is -6.39. The van der Waals surface area contributed by atoms with Gasteiger partial charge in [0, 0.05) is 0 Å². The van der Waals surface area contributed by atoms with Gasteiger partial charge in [-0.25, -0.2) is 0 Å². The van der Waals surface area contributed by atoms with E-state index in [4.69, 9.17) is 14.7 Å². The zero-order valence-corrected chi connectivity index (χ0v) is 12.7. The maximum atomic E-state index is 13.4. The Labute approximate surface area is 139 Å². The number of rotatable bonds is 6. The molecule has 10 heteroatoms. The Morgan fingerprint density at radius 1 is 1.20 bits per heavy atom. The van der Waals surface area contributed by atoms with Gasteiger partial charge in [0.15, 0.2) is 18.1 Å². The van der Waals surface area contributed by atoms with Crippen LogP contribution in [0.2, 0.25) is 0 Å². The van der Waals surface area contributed by atoms with E-state index in [2.05, 4.69) is 10.1 Å². The van der Waals surface area contributed by atoms with Crippen molar-refractivity contribution in [3.8, 4) is 17.6 Å². The average Bonchev–Trinajstić information content (AvgIpc) is 2.61. The van der Waals surface area contributed by atoms with Crippen LogP contribution in [-0.2, 0) is 0 Å². The predicted octanol–water partition coefficient (Wildman–Crippen LogP) is 2.99. The standard InChI is InChI=1S/C15H10F4N4O2/c1-24-10-6-8(2-3-9(10)25-5-4-20)7-21-23-13-11(16)14(18)22-15(19)12(13)17/h2-3,6-7H,5H2,1H3,(H,22,23)/b21-7-. The lowest BCUT2D eigenvalue weighted by atomic mass is 10.2. The molecule has 1 aromatic heterocycles. The molecule has 0 aliphatic heterocycles. The lowest BCUT2D eigenvalue weighted by molar-refractivity contribution is 0.329. The highest BCUT2D eigenvalue weighted by Crippen LogP contribution is 2.27. The quantitative estimate of drug-likeness (QED) is 0.373. The molecule has 0 amide bonds. The highest BCUT2D eigenvalue weighted by molar-refractivity contribution is 5.81. The van der Waals surface area contributed by atoms with Crippen LogP contribution in [0.5, 0.6) is 11.5 Å². The van der Waals surface area contributed by atoms with Crippen LogP contribution in [0, 0.1) is 34.9 Å². The number of nitriles is 1. The van der Waals surface area contributed by atoms with Crippen molar-refractivity contribution in [1.82, 2.24) is 4.98 Å². The molecule has 130 valence electrons. The average molecular weight is 354 g/mol. The second kappa shape index (κ2) is 7.96. The molecule has 25 heavy (non-hydrogen) atoms. The zero-order valence-electron chi connectivity index (χ0n) is 12.7. The summed E-state index contributed by atoms with van der Waals surface area (Å²) in [6.07, 6.45) is 1.13. The molecule has 0 aliphatic carbocycles.